The number of hydrogen-bond donors (Lipinski definition) is 2. The van der Waals surface area contributed by atoms with Crippen LogP contribution >= 0.6 is 0 Å². The molecular formula is C16H24N2O4S. The van der Waals surface area contributed by atoms with E-state index in [2.05, 4.69) is 24.5 Å². The minimum absolute atomic E-state index is 0.0360. The largest absolute Gasteiger partial charge is 0.345 e. The summed E-state index contributed by atoms with van der Waals surface area (Å²) in [5, 5.41) is 5.19. The van der Waals surface area contributed by atoms with E-state index in [-0.39, 0.29) is 18.1 Å². The minimum atomic E-state index is -3.21. The van der Waals surface area contributed by atoms with Crippen molar-refractivity contribution in [3.8, 4) is 0 Å². The Kier molecular flexibility index (Phi) is 6.75. The molecule has 0 aliphatic heterocycles. The Morgan fingerprint density at radius 2 is 1.70 bits per heavy atom. The highest BCUT2D eigenvalue weighted by atomic mass is 32.2. The topological polar surface area (TPSA) is 92.3 Å². The average molecular weight is 340 g/mol. The smallest absolute Gasteiger partial charge is 0.246 e. The molecular weight excluding hydrogens is 316 g/mol. The summed E-state index contributed by atoms with van der Waals surface area (Å²) < 4.78 is 22.5. The van der Waals surface area contributed by atoms with Crippen LogP contribution in [-0.2, 0) is 19.4 Å². The van der Waals surface area contributed by atoms with E-state index in [0.29, 0.717) is 11.6 Å². The Balaban J connectivity index is 2.77. The molecule has 0 saturated carbocycles. The van der Waals surface area contributed by atoms with Gasteiger partial charge in [-0.25, -0.2) is 8.42 Å². The molecule has 0 unspecified atom stereocenters. The number of carbonyl (C=O) groups is 2. The number of rotatable bonds is 7. The standard InChI is InChI=1S/C16H24N2O4S/c1-11(2)13-5-7-14(8-6-13)18-16(20)15(17-12(3)19)9-10-23(4,21)22/h5-8,11,15H,9-10H2,1-4H3,(H,17,19)(H,18,20)/t15-/m1/s1. The van der Waals surface area contributed by atoms with Gasteiger partial charge in [-0.15, -0.1) is 0 Å². The summed E-state index contributed by atoms with van der Waals surface area (Å²) in [4.78, 5) is 23.5. The lowest BCUT2D eigenvalue weighted by Crippen LogP contribution is -2.43. The molecule has 0 saturated heterocycles. The number of nitrogens with one attached hydrogen (secondary N) is 2. The van der Waals surface area contributed by atoms with Crippen molar-refractivity contribution >= 4 is 27.3 Å². The van der Waals surface area contributed by atoms with Crippen molar-refractivity contribution in [1.29, 1.82) is 0 Å². The normalized spacial score (nSPS) is 12.7. The molecule has 0 aromatic heterocycles. The van der Waals surface area contributed by atoms with E-state index >= 15 is 0 Å². The molecule has 0 spiro atoms. The Hall–Kier alpha value is -1.89. The van der Waals surface area contributed by atoms with E-state index in [1.54, 1.807) is 12.1 Å². The number of benzene rings is 1. The van der Waals surface area contributed by atoms with Gasteiger partial charge in [0, 0.05) is 18.9 Å². The van der Waals surface area contributed by atoms with Gasteiger partial charge in [0.1, 0.15) is 15.9 Å². The average Bonchev–Trinajstić information content (AvgIpc) is 2.42. The van der Waals surface area contributed by atoms with Crippen LogP contribution in [0.4, 0.5) is 5.69 Å². The maximum absolute atomic E-state index is 12.3. The summed E-state index contributed by atoms with van der Waals surface area (Å²) in [6, 6.07) is 6.53. The molecule has 128 valence electrons. The van der Waals surface area contributed by atoms with Gasteiger partial charge in [-0.1, -0.05) is 26.0 Å². The zero-order valence-corrected chi connectivity index (χ0v) is 14.7. The molecule has 0 bridgehead atoms. The van der Waals surface area contributed by atoms with Crippen LogP contribution in [0.2, 0.25) is 0 Å². The molecule has 0 aliphatic rings. The highest BCUT2D eigenvalue weighted by molar-refractivity contribution is 7.90. The first-order valence-corrected chi connectivity index (χ1v) is 9.50. The monoisotopic (exact) mass is 340 g/mol. The maximum atomic E-state index is 12.3. The van der Waals surface area contributed by atoms with Gasteiger partial charge < -0.3 is 10.6 Å². The quantitative estimate of drug-likeness (QED) is 0.790. The summed E-state index contributed by atoms with van der Waals surface area (Å²) in [6.07, 6.45) is 1.13. The van der Waals surface area contributed by atoms with Crippen molar-refractivity contribution in [1.82, 2.24) is 5.32 Å². The lowest BCUT2D eigenvalue weighted by Gasteiger charge is -2.17. The molecule has 7 heteroatoms. The summed E-state index contributed by atoms with van der Waals surface area (Å²) in [5.41, 5.74) is 1.76. The van der Waals surface area contributed by atoms with Gasteiger partial charge in [0.2, 0.25) is 11.8 Å². The van der Waals surface area contributed by atoms with Gasteiger partial charge in [0.05, 0.1) is 5.75 Å². The highest BCUT2D eigenvalue weighted by Crippen LogP contribution is 2.17. The SMILES string of the molecule is CC(=O)N[C@H](CCS(C)(=O)=O)C(=O)Nc1ccc(C(C)C)cc1. The fraction of sp³-hybridized carbons (Fsp3) is 0.500. The zero-order valence-electron chi connectivity index (χ0n) is 13.9. The third-order valence-corrected chi connectivity index (χ3v) is 4.29. The third-order valence-electron chi connectivity index (χ3n) is 3.32. The van der Waals surface area contributed by atoms with E-state index in [0.717, 1.165) is 11.8 Å². The molecule has 2 amide bonds. The van der Waals surface area contributed by atoms with Crippen LogP contribution in [0.25, 0.3) is 0 Å². The van der Waals surface area contributed by atoms with E-state index in [9.17, 15) is 18.0 Å². The zero-order chi connectivity index (χ0) is 17.6. The molecule has 1 aromatic carbocycles. The molecule has 6 nitrogen and oxygen atoms in total. The predicted octanol–water partition coefficient (Wildman–Crippen LogP) is 1.69. The number of anilines is 1. The fourth-order valence-electron chi connectivity index (χ4n) is 2.03. The van der Waals surface area contributed by atoms with Crippen molar-refractivity contribution in [2.24, 2.45) is 0 Å². The summed E-state index contributed by atoms with van der Waals surface area (Å²) in [6.45, 7) is 5.44. The highest BCUT2D eigenvalue weighted by Gasteiger charge is 2.21. The van der Waals surface area contributed by atoms with Crippen molar-refractivity contribution in [3.63, 3.8) is 0 Å². The van der Waals surface area contributed by atoms with Gasteiger partial charge >= 0.3 is 0 Å². The molecule has 23 heavy (non-hydrogen) atoms. The molecule has 0 radical (unpaired) electrons. The van der Waals surface area contributed by atoms with Crippen molar-refractivity contribution in [2.45, 2.75) is 39.2 Å². The predicted molar refractivity (Wildman–Crippen MR) is 91.1 cm³/mol. The Labute approximate surface area is 137 Å². The van der Waals surface area contributed by atoms with Crippen LogP contribution in [0.15, 0.2) is 24.3 Å². The molecule has 0 aliphatic carbocycles. The Bertz CT molecular complexity index is 651. The Morgan fingerprint density at radius 1 is 1.13 bits per heavy atom. The third kappa shape index (κ3) is 7.27. The van der Waals surface area contributed by atoms with Crippen molar-refractivity contribution in [3.05, 3.63) is 29.8 Å². The van der Waals surface area contributed by atoms with Crippen LogP contribution < -0.4 is 10.6 Å². The molecule has 1 rings (SSSR count). The van der Waals surface area contributed by atoms with E-state index in [1.165, 1.54) is 6.92 Å². The van der Waals surface area contributed by atoms with Crippen molar-refractivity contribution in [2.75, 3.05) is 17.3 Å². The van der Waals surface area contributed by atoms with Crippen LogP contribution in [0.3, 0.4) is 0 Å². The van der Waals surface area contributed by atoms with Gasteiger partial charge in [-0.2, -0.15) is 0 Å². The first-order chi connectivity index (χ1) is 10.6. The molecule has 0 fully saturated rings. The fourth-order valence-corrected chi connectivity index (χ4v) is 2.69. The number of hydrogen-bond acceptors (Lipinski definition) is 4. The van der Waals surface area contributed by atoms with Crippen LogP contribution in [-0.4, -0.2) is 38.3 Å². The van der Waals surface area contributed by atoms with E-state index in [4.69, 9.17) is 0 Å². The summed E-state index contributed by atoms with van der Waals surface area (Å²) in [5.74, 6) is -0.589. The second-order valence-electron chi connectivity index (χ2n) is 5.94. The van der Waals surface area contributed by atoms with Crippen LogP contribution in [0.5, 0.6) is 0 Å². The lowest BCUT2D eigenvalue weighted by atomic mass is 10.0. The van der Waals surface area contributed by atoms with Gasteiger partial charge in [0.25, 0.3) is 0 Å². The van der Waals surface area contributed by atoms with Gasteiger partial charge in [-0.3, -0.25) is 9.59 Å². The summed E-state index contributed by atoms with van der Waals surface area (Å²) in [7, 11) is -3.21. The van der Waals surface area contributed by atoms with Crippen LogP contribution in [0.1, 0.15) is 38.7 Å². The number of amides is 2. The number of sulfone groups is 1. The van der Waals surface area contributed by atoms with Crippen molar-refractivity contribution < 1.29 is 18.0 Å². The van der Waals surface area contributed by atoms with E-state index < -0.39 is 21.8 Å². The molecule has 0 heterocycles. The molecule has 2 N–H and O–H groups in total. The van der Waals surface area contributed by atoms with Gasteiger partial charge in [-0.05, 0) is 30.0 Å². The van der Waals surface area contributed by atoms with E-state index in [1.807, 2.05) is 12.1 Å². The van der Waals surface area contributed by atoms with Crippen LogP contribution in [0, 0.1) is 0 Å². The maximum Gasteiger partial charge on any atom is 0.246 e. The van der Waals surface area contributed by atoms with Gasteiger partial charge in [0.15, 0.2) is 0 Å². The first kappa shape index (κ1) is 19.2. The Morgan fingerprint density at radius 3 is 2.13 bits per heavy atom. The molecule has 1 atom stereocenters. The summed E-state index contributed by atoms with van der Waals surface area (Å²) >= 11 is 0. The number of carbonyl (C=O) groups excluding carboxylic acids is 2. The minimum Gasteiger partial charge on any atom is -0.345 e. The molecule has 1 aromatic rings. The lowest BCUT2D eigenvalue weighted by molar-refractivity contribution is -0.125. The first-order valence-electron chi connectivity index (χ1n) is 7.44. The second kappa shape index (κ2) is 8.10. The second-order valence-corrected chi connectivity index (χ2v) is 8.20.